The first kappa shape index (κ1) is 14.1. The lowest BCUT2D eigenvalue weighted by atomic mass is 10.1. The van der Waals surface area contributed by atoms with Crippen molar-refractivity contribution in [2.24, 2.45) is 4.99 Å². The van der Waals surface area contributed by atoms with Crippen LogP contribution in [0.4, 0.5) is 10.1 Å². The zero-order chi connectivity index (χ0) is 15.5. The highest BCUT2D eigenvalue weighted by Crippen LogP contribution is 2.22. The van der Waals surface area contributed by atoms with Crippen LogP contribution in [0.3, 0.4) is 0 Å². The van der Waals surface area contributed by atoms with E-state index in [9.17, 15) is 14.3 Å². The van der Waals surface area contributed by atoms with Crippen molar-refractivity contribution >= 4 is 17.5 Å². The summed E-state index contributed by atoms with van der Waals surface area (Å²) < 4.78 is 18.4. The van der Waals surface area contributed by atoms with Crippen molar-refractivity contribution in [2.45, 2.75) is 0 Å². The molecule has 0 fully saturated rings. The lowest BCUT2D eigenvalue weighted by molar-refractivity contribution is 0.102. The molecule has 0 atom stereocenters. The average Bonchev–Trinajstić information content (AvgIpc) is 3.01. The van der Waals surface area contributed by atoms with Gasteiger partial charge in [0.2, 0.25) is 5.90 Å². The summed E-state index contributed by atoms with van der Waals surface area (Å²) >= 11 is 0. The normalized spacial score (nSPS) is 13.4. The van der Waals surface area contributed by atoms with Crippen molar-refractivity contribution in [3.05, 3.63) is 59.4 Å². The Balaban J connectivity index is 1.88. The Morgan fingerprint density at radius 3 is 2.82 bits per heavy atom. The van der Waals surface area contributed by atoms with Crippen molar-refractivity contribution in [1.82, 2.24) is 0 Å². The number of benzene rings is 2. The van der Waals surface area contributed by atoms with E-state index in [1.54, 1.807) is 18.2 Å². The van der Waals surface area contributed by atoms with E-state index in [-0.39, 0.29) is 5.56 Å². The van der Waals surface area contributed by atoms with Gasteiger partial charge in [0.25, 0.3) is 5.91 Å². The van der Waals surface area contributed by atoms with Gasteiger partial charge in [-0.2, -0.15) is 0 Å². The number of halogens is 1. The SMILES string of the molecule is O=C(Nc1ccccc1C1=NCCO1)c1ccc(F)cc1O. The zero-order valence-corrected chi connectivity index (χ0v) is 11.5. The standard InChI is InChI=1S/C16H13FN2O3/c17-10-5-6-12(14(20)9-10)15(21)19-13-4-2-1-3-11(13)16-18-7-8-22-16/h1-6,9,20H,7-8H2,(H,19,21). The molecule has 112 valence electrons. The molecule has 0 bridgehead atoms. The Hall–Kier alpha value is -2.89. The molecule has 0 saturated carbocycles. The fraction of sp³-hybridized carbons (Fsp3) is 0.125. The third kappa shape index (κ3) is 2.76. The zero-order valence-electron chi connectivity index (χ0n) is 11.5. The van der Waals surface area contributed by atoms with Crippen LogP contribution in [-0.4, -0.2) is 30.1 Å². The second kappa shape index (κ2) is 5.85. The number of phenols is 1. The van der Waals surface area contributed by atoms with Crippen molar-refractivity contribution in [3.8, 4) is 5.75 Å². The van der Waals surface area contributed by atoms with Gasteiger partial charge in [-0.05, 0) is 24.3 Å². The fourth-order valence-corrected chi connectivity index (χ4v) is 2.16. The summed E-state index contributed by atoms with van der Waals surface area (Å²) in [6.07, 6.45) is 0. The van der Waals surface area contributed by atoms with E-state index in [1.165, 1.54) is 6.07 Å². The molecule has 22 heavy (non-hydrogen) atoms. The monoisotopic (exact) mass is 300 g/mol. The predicted octanol–water partition coefficient (Wildman–Crippen LogP) is 2.56. The third-order valence-electron chi connectivity index (χ3n) is 3.20. The molecule has 0 aromatic heterocycles. The number of phenolic OH excluding ortho intramolecular Hbond substituents is 1. The molecular weight excluding hydrogens is 287 g/mol. The molecule has 1 aliphatic heterocycles. The van der Waals surface area contributed by atoms with E-state index in [2.05, 4.69) is 10.3 Å². The number of para-hydroxylation sites is 1. The molecule has 2 aromatic carbocycles. The molecule has 0 unspecified atom stereocenters. The Labute approximate surface area is 126 Å². The molecule has 1 heterocycles. The molecular formula is C16H13FN2O3. The van der Waals surface area contributed by atoms with Crippen LogP contribution >= 0.6 is 0 Å². The minimum Gasteiger partial charge on any atom is -0.507 e. The maximum atomic E-state index is 13.0. The molecule has 0 aliphatic carbocycles. The summed E-state index contributed by atoms with van der Waals surface area (Å²) in [5.41, 5.74) is 1.16. The van der Waals surface area contributed by atoms with Crippen LogP contribution in [0.2, 0.25) is 0 Å². The number of aliphatic imine (C=N–C) groups is 1. The molecule has 0 spiro atoms. The van der Waals surface area contributed by atoms with Crippen LogP contribution in [0.25, 0.3) is 0 Å². The van der Waals surface area contributed by atoms with Crippen molar-refractivity contribution in [3.63, 3.8) is 0 Å². The second-order valence-corrected chi connectivity index (χ2v) is 4.70. The van der Waals surface area contributed by atoms with Crippen LogP contribution in [0, 0.1) is 5.82 Å². The van der Waals surface area contributed by atoms with E-state index in [0.717, 1.165) is 12.1 Å². The number of aromatic hydroxyl groups is 1. The van der Waals surface area contributed by atoms with Crippen molar-refractivity contribution in [2.75, 3.05) is 18.5 Å². The molecule has 2 N–H and O–H groups in total. The fourth-order valence-electron chi connectivity index (χ4n) is 2.16. The summed E-state index contributed by atoms with van der Waals surface area (Å²) in [5, 5.41) is 12.4. The number of nitrogens with zero attached hydrogens (tertiary/aromatic N) is 1. The van der Waals surface area contributed by atoms with E-state index in [4.69, 9.17) is 4.74 Å². The Morgan fingerprint density at radius 2 is 2.09 bits per heavy atom. The van der Waals surface area contributed by atoms with Crippen molar-refractivity contribution in [1.29, 1.82) is 0 Å². The lowest BCUT2D eigenvalue weighted by Gasteiger charge is -2.11. The highest BCUT2D eigenvalue weighted by molar-refractivity contribution is 6.10. The van der Waals surface area contributed by atoms with Gasteiger partial charge >= 0.3 is 0 Å². The summed E-state index contributed by atoms with van der Waals surface area (Å²) in [4.78, 5) is 16.5. The third-order valence-corrected chi connectivity index (χ3v) is 3.20. The summed E-state index contributed by atoms with van der Waals surface area (Å²) in [5.74, 6) is -1.09. The van der Waals surface area contributed by atoms with Gasteiger partial charge in [0.1, 0.15) is 18.2 Å². The predicted molar refractivity (Wildman–Crippen MR) is 79.8 cm³/mol. The van der Waals surface area contributed by atoms with Gasteiger partial charge in [0.15, 0.2) is 0 Å². The van der Waals surface area contributed by atoms with Crippen molar-refractivity contribution < 1.29 is 19.0 Å². The smallest absolute Gasteiger partial charge is 0.259 e. The minimum absolute atomic E-state index is 0.00881. The van der Waals surface area contributed by atoms with Gasteiger partial charge in [-0.3, -0.25) is 4.79 Å². The number of hydrogen-bond donors (Lipinski definition) is 2. The summed E-state index contributed by atoms with van der Waals surface area (Å²) in [6, 6.07) is 10.3. The molecule has 3 rings (SSSR count). The van der Waals surface area contributed by atoms with Crippen LogP contribution < -0.4 is 5.32 Å². The average molecular weight is 300 g/mol. The van der Waals surface area contributed by atoms with Gasteiger partial charge in [0, 0.05) is 6.07 Å². The number of anilines is 1. The number of nitrogens with one attached hydrogen (secondary N) is 1. The van der Waals surface area contributed by atoms with Crippen LogP contribution in [0.5, 0.6) is 5.75 Å². The first-order chi connectivity index (χ1) is 10.6. The maximum Gasteiger partial charge on any atom is 0.259 e. The second-order valence-electron chi connectivity index (χ2n) is 4.70. The van der Waals surface area contributed by atoms with E-state index < -0.39 is 17.5 Å². The number of hydrogen-bond acceptors (Lipinski definition) is 4. The molecule has 0 radical (unpaired) electrons. The molecule has 2 aromatic rings. The molecule has 1 amide bonds. The van der Waals surface area contributed by atoms with Gasteiger partial charge < -0.3 is 15.2 Å². The number of rotatable bonds is 3. The van der Waals surface area contributed by atoms with E-state index in [0.29, 0.717) is 30.3 Å². The van der Waals surface area contributed by atoms with Gasteiger partial charge in [-0.1, -0.05) is 12.1 Å². The summed E-state index contributed by atoms with van der Waals surface area (Å²) in [7, 11) is 0. The lowest BCUT2D eigenvalue weighted by Crippen LogP contribution is -2.15. The maximum absolute atomic E-state index is 13.0. The van der Waals surface area contributed by atoms with Gasteiger partial charge in [-0.25, -0.2) is 9.38 Å². The Bertz CT molecular complexity index is 759. The number of ether oxygens (including phenoxy) is 1. The van der Waals surface area contributed by atoms with Gasteiger partial charge in [0.05, 0.1) is 23.4 Å². The highest BCUT2D eigenvalue weighted by Gasteiger charge is 2.18. The number of amides is 1. The largest absolute Gasteiger partial charge is 0.507 e. The highest BCUT2D eigenvalue weighted by atomic mass is 19.1. The van der Waals surface area contributed by atoms with Crippen LogP contribution in [-0.2, 0) is 4.74 Å². The van der Waals surface area contributed by atoms with Crippen LogP contribution in [0.1, 0.15) is 15.9 Å². The quantitative estimate of drug-likeness (QED) is 0.915. The molecule has 1 aliphatic rings. The molecule has 0 saturated heterocycles. The molecule has 5 nitrogen and oxygen atoms in total. The first-order valence-corrected chi connectivity index (χ1v) is 6.71. The summed E-state index contributed by atoms with van der Waals surface area (Å²) in [6.45, 7) is 1.09. The number of carbonyl (C=O) groups excluding carboxylic acids is 1. The molecule has 6 heteroatoms. The van der Waals surface area contributed by atoms with Gasteiger partial charge in [-0.15, -0.1) is 0 Å². The van der Waals surface area contributed by atoms with E-state index in [1.807, 2.05) is 6.07 Å². The van der Waals surface area contributed by atoms with Crippen LogP contribution in [0.15, 0.2) is 47.5 Å². The number of carbonyl (C=O) groups is 1. The topological polar surface area (TPSA) is 70.9 Å². The Kier molecular flexibility index (Phi) is 3.74. The van der Waals surface area contributed by atoms with E-state index >= 15 is 0 Å². The first-order valence-electron chi connectivity index (χ1n) is 6.71. The Morgan fingerprint density at radius 1 is 1.27 bits per heavy atom. The minimum atomic E-state index is -0.608.